The number of nitrogen functional groups attached to an aromatic ring is 1. The molecule has 0 saturated carbocycles. The van der Waals surface area contributed by atoms with E-state index in [1.165, 1.54) is 17.5 Å². The highest BCUT2D eigenvalue weighted by Gasteiger charge is 2.12. The van der Waals surface area contributed by atoms with E-state index in [1.807, 2.05) is 19.1 Å². The monoisotopic (exact) mass is 303 g/mol. The fraction of sp³-hybridized carbons (Fsp3) is 0.200. The van der Waals surface area contributed by atoms with Gasteiger partial charge >= 0.3 is 0 Å². The summed E-state index contributed by atoms with van der Waals surface area (Å²) in [6, 6.07) is 3.86. The minimum absolute atomic E-state index is 0.0422. The van der Waals surface area contributed by atoms with Crippen molar-refractivity contribution >= 4 is 46.3 Å². The van der Waals surface area contributed by atoms with E-state index in [0.717, 1.165) is 9.21 Å². The van der Waals surface area contributed by atoms with E-state index < -0.39 is 0 Å². The number of nitrogens with one attached hydrogen (secondary N) is 2. The van der Waals surface area contributed by atoms with E-state index in [4.69, 9.17) is 29.0 Å². The fourth-order valence-electron chi connectivity index (χ4n) is 1.38. The van der Waals surface area contributed by atoms with E-state index in [2.05, 4.69) is 20.7 Å². The molecular weight excluding hydrogens is 293 g/mol. The highest BCUT2D eigenvalue weighted by Crippen LogP contribution is 2.30. The molecule has 0 fully saturated rings. The molecule has 4 N–H and O–H groups in total. The number of hydrogen-bond donors (Lipinski definition) is 3. The Kier molecular flexibility index (Phi) is 4.23. The van der Waals surface area contributed by atoms with Gasteiger partial charge in [0.2, 0.25) is 5.95 Å². The number of thiophene rings is 1. The van der Waals surface area contributed by atoms with Crippen LogP contribution in [0.15, 0.2) is 18.3 Å². The Bertz CT molecular complexity index is 545. The van der Waals surface area contributed by atoms with Gasteiger partial charge in [0, 0.05) is 4.88 Å². The molecule has 0 spiro atoms. The summed E-state index contributed by atoms with van der Waals surface area (Å²) in [5, 5.41) is 3.62. The smallest absolute Gasteiger partial charge is 0.239 e. The first kappa shape index (κ1) is 13.4. The molecule has 0 bridgehead atoms. The lowest BCUT2D eigenvalue weighted by Crippen LogP contribution is -2.13. The molecule has 2 rings (SSSR count). The lowest BCUT2D eigenvalue weighted by atomic mass is 10.3. The van der Waals surface area contributed by atoms with Gasteiger partial charge in [-0.3, -0.25) is 5.43 Å². The van der Waals surface area contributed by atoms with E-state index in [1.54, 1.807) is 0 Å². The molecule has 0 saturated heterocycles. The van der Waals surface area contributed by atoms with Crippen molar-refractivity contribution < 1.29 is 0 Å². The second-order valence-corrected chi connectivity index (χ2v) is 5.70. The zero-order chi connectivity index (χ0) is 13.1. The Hall–Kier alpha value is -1.08. The predicted molar refractivity (Wildman–Crippen MR) is 76.2 cm³/mol. The van der Waals surface area contributed by atoms with Crippen LogP contribution in [-0.2, 0) is 0 Å². The first-order valence-corrected chi connectivity index (χ1v) is 6.68. The maximum absolute atomic E-state index is 6.01. The van der Waals surface area contributed by atoms with Crippen LogP contribution in [0.5, 0.6) is 0 Å². The molecular formula is C10H11Cl2N5S. The average molecular weight is 304 g/mol. The van der Waals surface area contributed by atoms with Gasteiger partial charge in [0.15, 0.2) is 5.82 Å². The van der Waals surface area contributed by atoms with Gasteiger partial charge < -0.3 is 5.32 Å². The number of anilines is 2. The molecule has 96 valence electrons. The zero-order valence-corrected chi connectivity index (χ0v) is 11.8. The highest BCUT2D eigenvalue weighted by molar-refractivity contribution is 7.16. The molecule has 1 unspecified atom stereocenters. The summed E-state index contributed by atoms with van der Waals surface area (Å²) in [5.41, 5.74) is 2.37. The summed E-state index contributed by atoms with van der Waals surface area (Å²) in [6.07, 6.45) is 1.49. The van der Waals surface area contributed by atoms with Crippen molar-refractivity contribution in [3.8, 4) is 0 Å². The quantitative estimate of drug-likeness (QED) is 0.597. The van der Waals surface area contributed by atoms with Gasteiger partial charge in [-0.2, -0.15) is 4.98 Å². The van der Waals surface area contributed by atoms with Crippen LogP contribution in [0, 0.1) is 0 Å². The molecule has 2 heterocycles. The zero-order valence-electron chi connectivity index (χ0n) is 9.45. The third kappa shape index (κ3) is 3.02. The number of nitrogens with two attached hydrogens (primary N) is 1. The van der Waals surface area contributed by atoms with Crippen LogP contribution >= 0.6 is 34.5 Å². The maximum Gasteiger partial charge on any atom is 0.239 e. The molecule has 2 aromatic rings. The number of nitrogens with zero attached hydrogens (tertiary/aromatic N) is 2. The normalized spacial score (nSPS) is 12.2. The van der Waals surface area contributed by atoms with Crippen LogP contribution in [0.4, 0.5) is 11.8 Å². The third-order valence-corrected chi connectivity index (χ3v) is 3.94. The average Bonchev–Trinajstić information content (AvgIpc) is 2.79. The van der Waals surface area contributed by atoms with Crippen molar-refractivity contribution in [3.05, 3.63) is 32.6 Å². The molecule has 0 radical (unpaired) electrons. The predicted octanol–water partition coefficient (Wildman–Crippen LogP) is 3.30. The first-order valence-electron chi connectivity index (χ1n) is 5.11. The highest BCUT2D eigenvalue weighted by atomic mass is 35.5. The Labute approximate surface area is 118 Å². The van der Waals surface area contributed by atoms with E-state index in [9.17, 15) is 0 Å². The van der Waals surface area contributed by atoms with Crippen molar-refractivity contribution in [2.75, 3.05) is 10.7 Å². The van der Waals surface area contributed by atoms with E-state index >= 15 is 0 Å². The summed E-state index contributed by atoms with van der Waals surface area (Å²) in [6.45, 7) is 2.00. The largest absolute Gasteiger partial charge is 0.361 e. The van der Waals surface area contributed by atoms with Crippen LogP contribution in [0.25, 0.3) is 0 Å². The van der Waals surface area contributed by atoms with Gasteiger partial charge in [-0.1, -0.05) is 23.2 Å². The summed E-state index contributed by atoms with van der Waals surface area (Å²) >= 11 is 13.4. The van der Waals surface area contributed by atoms with Gasteiger partial charge in [0.1, 0.15) is 5.02 Å². The van der Waals surface area contributed by atoms with Gasteiger partial charge in [-0.25, -0.2) is 10.8 Å². The second-order valence-electron chi connectivity index (χ2n) is 3.54. The van der Waals surface area contributed by atoms with Gasteiger partial charge in [0.05, 0.1) is 16.6 Å². The third-order valence-electron chi connectivity index (χ3n) is 2.25. The number of hydrazine groups is 1. The Morgan fingerprint density at radius 1 is 1.39 bits per heavy atom. The maximum atomic E-state index is 6.01. The number of hydrogen-bond acceptors (Lipinski definition) is 6. The summed E-state index contributed by atoms with van der Waals surface area (Å²) in [7, 11) is 0. The van der Waals surface area contributed by atoms with E-state index in [-0.39, 0.29) is 6.04 Å². The number of rotatable bonds is 4. The van der Waals surface area contributed by atoms with Crippen LogP contribution in [0.1, 0.15) is 17.8 Å². The van der Waals surface area contributed by atoms with Gasteiger partial charge in [-0.15, -0.1) is 11.3 Å². The lowest BCUT2D eigenvalue weighted by molar-refractivity contribution is 0.893. The molecule has 0 aliphatic carbocycles. The standard InChI is InChI=1S/C10H11Cl2N5S/c1-5(7-2-3-8(12)18-7)15-9-6(11)4-14-10(16-9)17-13/h2-5H,13H2,1H3,(H2,14,15,16,17). The number of halogens is 2. The molecule has 0 amide bonds. The topological polar surface area (TPSA) is 75.9 Å². The SMILES string of the molecule is CC(Nc1nc(NN)ncc1Cl)c1ccc(Cl)s1. The van der Waals surface area contributed by atoms with Crippen LogP contribution in [0.3, 0.4) is 0 Å². The van der Waals surface area contributed by atoms with Crippen molar-refractivity contribution in [2.45, 2.75) is 13.0 Å². The molecule has 0 aromatic carbocycles. The van der Waals surface area contributed by atoms with Crippen LogP contribution in [0.2, 0.25) is 9.36 Å². The minimum atomic E-state index is 0.0422. The van der Waals surface area contributed by atoms with Crippen molar-refractivity contribution in [1.82, 2.24) is 9.97 Å². The molecule has 0 aliphatic rings. The minimum Gasteiger partial charge on any atom is -0.361 e. The lowest BCUT2D eigenvalue weighted by Gasteiger charge is -2.14. The summed E-state index contributed by atoms with van der Waals surface area (Å²) in [5.74, 6) is 6.08. The Balaban J connectivity index is 2.18. The van der Waals surface area contributed by atoms with Crippen molar-refractivity contribution in [2.24, 2.45) is 5.84 Å². The first-order chi connectivity index (χ1) is 8.60. The molecule has 8 heteroatoms. The molecule has 18 heavy (non-hydrogen) atoms. The molecule has 0 aliphatic heterocycles. The fourth-order valence-corrected chi connectivity index (χ4v) is 2.58. The second kappa shape index (κ2) is 5.71. The van der Waals surface area contributed by atoms with Crippen LogP contribution < -0.4 is 16.6 Å². The molecule has 1 atom stereocenters. The van der Waals surface area contributed by atoms with Crippen molar-refractivity contribution in [1.29, 1.82) is 0 Å². The summed E-state index contributed by atoms with van der Waals surface area (Å²) in [4.78, 5) is 9.14. The number of aromatic nitrogens is 2. The summed E-state index contributed by atoms with van der Waals surface area (Å²) < 4.78 is 0.747. The molecule has 2 aromatic heterocycles. The van der Waals surface area contributed by atoms with E-state index in [0.29, 0.717) is 16.8 Å². The Morgan fingerprint density at radius 2 is 2.17 bits per heavy atom. The Morgan fingerprint density at radius 3 is 2.78 bits per heavy atom. The van der Waals surface area contributed by atoms with Gasteiger partial charge in [-0.05, 0) is 19.1 Å². The van der Waals surface area contributed by atoms with Crippen molar-refractivity contribution in [3.63, 3.8) is 0 Å². The van der Waals surface area contributed by atoms with Gasteiger partial charge in [0.25, 0.3) is 0 Å². The van der Waals surface area contributed by atoms with Crippen LogP contribution in [-0.4, -0.2) is 9.97 Å². The molecule has 5 nitrogen and oxygen atoms in total.